The van der Waals surface area contributed by atoms with Gasteiger partial charge in [-0.25, -0.2) is 13.6 Å². The largest absolute Gasteiger partial charge is 0.355 e. The van der Waals surface area contributed by atoms with Gasteiger partial charge in [-0.05, 0) is 37.5 Å². The second-order valence-electron chi connectivity index (χ2n) is 4.77. The summed E-state index contributed by atoms with van der Waals surface area (Å²) in [5.41, 5.74) is 4.28. The van der Waals surface area contributed by atoms with E-state index in [0.29, 0.717) is 0 Å². The summed E-state index contributed by atoms with van der Waals surface area (Å²) in [6.07, 6.45) is 0.253. The Morgan fingerprint density at radius 3 is 2.21 bits per heavy atom. The number of carbonyl (C=O) groups excluding carboxylic acids is 1. The number of rotatable bonds is 5. The van der Waals surface area contributed by atoms with E-state index in [1.54, 1.807) is 0 Å². The van der Waals surface area contributed by atoms with Crippen molar-refractivity contribution in [2.45, 2.75) is 27.2 Å². The topological polar surface area (TPSA) is 89.3 Å². The van der Waals surface area contributed by atoms with Crippen molar-refractivity contribution < 1.29 is 13.2 Å². The molecule has 5 nitrogen and oxygen atoms in total. The molecule has 0 aliphatic rings. The number of hydrogen-bond donors (Lipinski definition) is 2. The first-order valence-corrected chi connectivity index (χ1v) is 7.74. The predicted octanol–water partition coefficient (Wildman–Crippen LogP) is 0.559. The van der Waals surface area contributed by atoms with Gasteiger partial charge < -0.3 is 5.32 Å². The second kappa shape index (κ2) is 6.16. The van der Waals surface area contributed by atoms with Crippen LogP contribution in [-0.4, -0.2) is 26.6 Å². The van der Waals surface area contributed by atoms with Crippen molar-refractivity contribution in [3.05, 3.63) is 34.4 Å². The Morgan fingerprint density at radius 2 is 1.74 bits per heavy atom. The maximum absolute atomic E-state index is 11.7. The number of sulfonamides is 1. The quantitative estimate of drug-likeness (QED) is 0.828. The highest BCUT2D eigenvalue weighted by molar-refractivity contribution is 7.89. The molecule has 0 aliphatic carbocycles. The number of aryl methyl sites for hydroxylation is 3. The lowest BCUT2D eigenvalue weighted by molar-refractivity contribution is -0.120. The Morgan fingerprint density at radius 1 is 1.21 bits per heavy atom. The number of hydrogen-bond acceptors (Lipinski definition) is 3. The number of nitrogens with one attached hydrogen (secondary N) is 1. The first-order chi connectivity index (χ1) is 8.69. The SMILES string of the molecule is Cc1cc(C)c(CC(=O)NCCS(N)(=O)=O)c(C)c1. The van der Waals surface area contributed by atoms with Crippen molar-refractivity contribution in [3.8, 4) is 0 Å². The van der Waals surface area contributed by atoms with Gasteiger partial charge in [-0.3, -0.25) is 4.79 Å². The minimum absolute atomic E-state index is 0.0433. The van der Waals surface area contributed by atoms with E-state index in [2.05, 4.69) is 5.32 Å². The molecule has 0 fully saturated rings. The van der Waals surface area contributed by atoms with Gasteiger partial charge >= 0.3 is 0 Å². The van der Waals surface area contributed by atoms with E-state index in [0.717, 1.165) is 22.3 Å². The number of amides is 1. The zero-order chi connectivity index (χ0) is 14.6. The molecule has 0 aliphatic heterocycles. The van der Waals surface area contributed by atoms with Crippen molar-refractivity contribution in [3.63, 3.8) is 0 Å². The predicted molar refractivity (Wildman–Crippen MR) is 75.3 cm³/mol. The van der Waals surface area contributed by atoms with Crippen LogP contribution in [0.2, 0.25) is 0 Å². The van der Waals surface area contributed by atoms with Gasteiger partial charge in [-0.15, -0.1) is 0 Å². The van der Waals surface area contributed by atoms with Gasteiger partial charge in [0.25, 0.3) is 0 Å². The molecule has 0 radical (unpaired) electrons. The monoisotopic (exact) mass is 284 g/mol. The summed E-state index contributed by atoms with van der Waals surface area (Å²) in [6.45, 7) is 5.98. The molecule has 106 valence electrons. The first-order valence-electron chi connectivity index (χ1n) is 6.03. The molecular weight excluding hydrogens is 264 g/mol. The Balaban J connectivity index is 2.63. The molecule has 0 unspecified atom stereocenters. The van der Waals surface area contributed by atoms with E-state index in [-0.39, 0.29) is 24.6 Å². The van der Waals surface area contributed by atoms with Crippen LogP contribution in [0.3, 0.4) is 0 Å². The van der Waals surface area contributed by atoms with Crippen molar-refractivity contribution in [1.29, 1.82) is 0 Å². The van der Waals surface area contributed by atoms with Gasteiger partial charge in [-0.2, -0.15) is 0 Å². The third-order valence-corrected chi connectivity index (χ3v) is 3.66. The summed E-state index contributed by atoms with van der Waals surface area (Å²) in [5, 5.41) is 7.42. The molecule has 0 heterocycles. The highest BCUT2D eigenvalue weighted by atomic mass is 32.2. The lowest BCUT2D eigenvalue weighted by Gasteiger charge is -2.11. The minimum Gasteiger partial charge on any atom is -0.355 e. The van der Waals surface area contributed by atoms with Crippen molar-refractivity contribution in [2.75, 3.05) is 12.3 Å². The molecule has 0 atom stereocenters. The Bertz CT molecular complexity index is 557. The number of primary sulfonamides is 1. The zero-order valence-electron chi connectivity index (χ0n) is 11.5. The molecule has 0 aromatic heterocycles. The van der Waals surface area contributed by atoms with Gasteiger partial charge in [-0.1, -0.05) is 17.7 Å². The molecule has 1 rings (SSSR count). The van der Waals surface area contributed by atoms with E-state index in [9.17, 15) is 13.2 Å². The lowest BCUT2D eigenvalue weighted by Crippen LogP contribution is -2.32. The van der Waals surface area contributed by atoms with Crippen molar-refractivity contribution >= 4 is 15.9 Å². The molecular formula is C13H20N2O3S. The minimum atomic E-state index is -3.53. The van der Waals surface area contributed by atoms with Gasteiger partial charge in [0, 0.05) is 6.54 Å². The molecule has 0 spiro atoms. The highest BCUT2D eigenvalue weighted by Gasteiger charge is 2.10. The maximum Gasteiger partial charge on any atom is 0.224 e. The smallest absolute Gasteiger partial charge is 0.224 e. The Kier molecular flexibility index (Phi) is 5.08. The van der Waals surface area contributed by atoms with Crippen LogP contribution >= 0.6 is 0 Å². The van der Waals surface area contributed by atoms with Crippen LogP contribution in [0.5, 0.6) is 0 Å². The summed E-state index contributed by atoms with van der Waals surface area (Å²) >= 11 is 0. The first kappa shape index (κ1) is 15.7. The fraction of sp³-hybridized carbons (Fsp3) is 0.462. The van der Waals surface area contributed by atoms with Crippen LogP contribution in [-0.2, 0) is 21.2 Å². The molecule has 6 heteroatoms. The molecule has 0 saturated carbocycles. The van der Waals surface area contributed by atoms with E-state index in [1.165, 1.54) is 0 Å². The average Bonchev–Trinajstić information content (AvgIpc) is 2.21. The summed E-state index contributed by atoms with van der Waals surface area (Å²) in [6, 6.07) is 4.06. The van der Waals surface area contributed by atoms with Gasteiger partial charge in [0.15, 0.2) is 0 Å². The third kappa shape index (κ3) is 5.40. The normalized spacial score (nSPS) is 11.4. The number of carbonyl (C=O) groups is 1. The van der Waals surface area contributed by atoms with Crippen LogP contribution in [0.25, 0.3) is 0 Å². The fourth-order valence-corrected chi connectivity index (χ4v) is 2.43. The van der Waals surface area contributed by atoms with Crippen LogP contribution < -0.4 is 10.5 Å². The molecule has 1 aromatic carbocycles. The summed E-state index contributed by atoms with van der Waals surface area (Å²) < 4.78 is 21.5. The molecule has 0 bridgehead atoms. The lowest BCUT2D eigenvalue weighted by atomic mass is 9.97. The fourth-order valence-electron chi connectivity index (χ4n) is 2.04. The highest BCUT2D eigenvalue weighted by Crippen LogP contribution is 2.16. The van der Waals surface area contributed by atoms with E-state index in [1.807, 2.05) is 32.9 Å². The van der Waals surface area contributed by atoms with Crippen LogP contribution in [0.15, 0.2) is 12.1 Å². The van der Waals surface area contributed by atoms with Gasteiger partial charge in [0.1, 0.15) is 0 Å². The molecule has 19 heavy (non-hydrogen) atoms. The van der Waals surface area contributed by atoms with Crippen molar-refractivity contribution in [2.24, 2.45) is 5.14 Å². The van der Waals surface area contributed by atoms with Crippen LogP contribution in [0.4, 0.5) is 0 Å². The van der Waals surface area contributed by atoms with Crippen molar-refractivity contribution in [1.82, 2.24) is 5.32 Å². The van der Waals surface area contributed by atoms with E-state index in [4.69, 9.17) is 5.14 Å². The van der Waals surface area contributed by atoms with E-state index < -0.39 is 10.0 Å². The van der Waals surface area contributed by atoms with Gasteiger partial charge in [0.2, 0.25) is 15.9 Å². The zero-order valence-corrected chi connectivity index (χ0v) is 12.3. The Hall–Kier alpha value is -1.40. The molecule has 1 aromatic rings. The maximum atomic E-state index is 11.7. The summed E-state index contributed by atoms with van der Waals surface area (Å²) in [7, 11) is -3.53. The summed E-state index contributed by atoms with van der Waals surface area (Å²) in [4.78, 5) is 11.7. The summed E-state index contributed by atoms with van der Waals surface area (Å²) in [5.74, 6) is -0.441. The molecule has 3 N–H and O–H groups in total. The van der Waals surface area contributed by atoms with Gasteiger partial charge in [0.05, 0.1) is 12.2 Å². The molecule has 0 saturated heterocycles. The van der Waals surface area contributed by atoms with Crippen LogP contribution in [0.1, 0.15) is 22.3 Å². The Labute approximate surface area is 114 Å². The second-order valence-corrected chi connectivity index (χ2v) is 6.50. The average molecular weight is 284 g/mol. The number of benzene rings is 1. The standard InChI is InChI=1S/C13H20N2O3S/c1-9-6-10(2)12(11(3)7-9)8-13(16)15-4-5-19(14,17)18/h6-7H,4-5,8H2,1-3H3,(H,15,16)(H2,14,17,18). The number of nitrogens with two attached hydrogens (primary N) is 1. The van der Waals surface area contributed by atoms with Crippen LogP contribution in [0, 0.1) is 20.8 Å². The third-order valence-electron chi connectivity index (χ3n) is 2.89. The van der Waals surface area contributed by atoms with E-state index >= 15 is 0 Å². The molecule has 1 amide bonds.